The van der Waals surface area contributed by atoms with Gasteiger partial charge >= 0.3 is 5.97 Å². The predicted molar refractivity (Wildman–Crippen MR) is 80.7 cm³/mol. The molecule has 1 aromatic rings. The van der Waals surface area contributed by atoms with Gasteiger partial charge in [-0.15, -0.1) is 0 Å². The van der Waals surface area contributed by atoms with Crippen molar-refractivity contribution in [2.75, 3.05) is 13.7 Å². The van der Waals surface area contributed by atoms with Crippen LogP contribution in [-0.2, 0) is 11.3 Å². The zero-order valence-electron chi connectivity index (χ0n) is 12.6. The van der Waals surface area contributed by atoms with Crippen molar-refractivity contribution >= 4 is 5.97 Å². The van der Waals surface area contributed by atoms with E-state index in [0.29, 0.717) is 11.0 Å². The predicted octanol–water partition coefficient (Wildman–Crippen LogP) is 3.53. The maximum absolute atomic E-state index is 11.7. The molecule has 3 nitrogen and oxygen atoms in total. The van der Waals surface area contributed by atoms with Crippen LogP contribution in [0, 0.1) is 5.41 Å². The summed E-state index contributed by atoms with van der Waals surface area (Å²) in [4.78, 5) is 11.7. The minimum absolute atomic E-state index is 0.256. The fourth-order valence-electron chi connectivity index (χ4n) is 3.23. The lowest BCUT2D eigenvalue weighted by molar-refractivity contribution is 0.0599. The summed E-state index contributed by atoms with van der Waals surface area (Å²) in [5, 5.41) is 3.55. The van der Waals surface area contributed by atoms with E-state index in [4.69, 9.17) is 4.74 Å². The van der Waals surface area contributed by atoms with Gasteiger partial charge in [0.05, 0.1) is 12.7 Å². The van der Waals surface area contributed by atoms with Gasteiger partial charge in [0.25, 0.3) is 0 Å². The smallest absolute Gasteiger partial charge is 0.338 e. The molecule has 110 valence electrons. The first-order valence-electron chi connectivity index (χ1n) is 7.58. The number of ether oxygens (including phenoxy) is 1. The van der Waals surface area contributed by atoms with E-state index < -0.39 is 0 Å². The third kappa shape index (κ3) is 3.40. The highest BCUT2D eigenvalue weighted by Gasteiger charge is 2.31. The van der Waals surface area contributed by atoms with Gasteiger partial charge in [-0.1, -0.05) is 38.0 Å². The van der Waals surface area contributed by atoms with Crippen molar-refractivity contribution in [2.24, 2.45) is 5.41 Å². The van der Waals surface area contributed by atoms with E-state index in [2.05, 4.69) is 12.2 Å². The highest BCUT2D eigenvalue weighted by atomic mass is 16.5. The number of carbonyl (C=O) groups excluding carboxylic acids is 1. The number of hydrogen-bond acceptors (Lipinski definition) is 3. The molecule has 2 rings (SSSR count). The topological polar surface area (TPSA) is 38.3 Å². The molecule has 0 spiro atoms. The summed E-state index contributed by atoms with van der Waals surface area (Å²) in [6, 6.07) is 7.66. The van der Waals surface area contributed by atoms with Gasteiger partial charge in [-0.2, -0.15) is 0 Å². The maximum atomic E-state index is 11.7. The summed E-state index contributed by atoms with van der Waals surface area (Å²) in [7, 11) is 1.43. The Balaban J connectivity index is 1.95. The number of nitrogens with one attached hydrogen (secondary N) is 1. The fourth-order valence-corrected chi connectivity index (χ4v) is 3.23. The molecule has 1 aliphatic carbocycles. The molecule has 3 heteroatoms. The molecular formula is C17H25NO2. The van der Waals surface area contributed by atoms with Gasteiger partial charge < -0.3 is 10.1 Å². The lowest BCUT2D eigenvalue weighted by Gasteiger charge is -2.28. The highest BCUT2D eigenvalue weighted by Crippen LogP contribution is 2.40. The van der Waals surface area contributed by atoms with Crippen LogP contribution in [-0.4, -0.2) is 19.6 Å². The van der Waals surface area contributed by atoms with E-state index in [1.165, 1.54) is 39.2 Å². The first-order chi connectivity index (χ1) is 9.71. The van der Waals surface area contributed by atoms with Gasteiger partial charge in [0.2, 0.25) is 0 Å². The van der Waals surface area contributed by atoms with Crippen molar-refractivity contribution in [2.45, 2.75) is 45.6 Å². The normalized spacial score (nSPS) is 17.1. The monoisotopic (exact) mass is 275 g/mol. The molecular weight excluding hydrogens is 250 g/mol. The molecule has 0 unspecified atom stereocenters. The molecule has 0 amide bonds. The van der Waals surface area contributed by atoms with Crippen molar-refractivity contribution in [1.82, 2.24) is 5.32 Å². The molecule has 1 aliphatic rings. The van der Waals surface area contributed by atoms with Crippen LogP contribution in [0.3, 0.4) is 0 Å². The Morgan fingerprint density at radius 3 is 2.65 bits per heavy atom. The molecule has 1 N–H and O–H groups in total. The van der Waals surface area contributed by atoms with E-state index in [0.717, 1.165) is 18.7 Å². The van der Waals surface area contributed by atoms with Gasteiger partial charge in [0, 0.05) is 13.1 Å². The Morgan fingerprint density at radius 2 is 2.00 bits per heavy atom. The van der Waals surface area contributed by atoms with E-state index >= 15 is 0 Å². The number of hydrogen-bond donors (Lipinski definition) is 1. The third-order valence-corrected chi connectivity index (χ3v) is 4.65. The molecule has 0 bridgehead atoms. The first-order valence-corrected chi connectivity index (χ1v) is 7.58. The van der Waals surface area contributed by atoms with Crippen molar-refractivity contribution in [1.29, 1.82) is 0 Å². The third-order valence-electron chi connectivity index (χ3n) is 4.65. The average Bonchev–Trinajstić information content (AvgIpc) is 2.96. The second-order valence-electron chi connectivity index (χ2n) is 5.81. The largest absolute Gasteiger partial charge is 0.465 e. The molecule has 1 aromatic carbocycles. The van der Waals surface area contributed by atoms with Crippen LogP contribution in [0.25, 0.3) is 0 Å². The number of esters is 1. The standard InChI is InChI=1S/C17H25NO2/c1-3-17(10-6-7-11-17)13-18-12-14-8-4-5-9-15(14)16(19)20-2/h4-5,8-9,18H,3,6-7,10-13H2,1-2H3. The Bertz CT molecular complexity index is 450. The van der Waals surface area contributed by atoms with Crippen LogP contribution in [0.15, 0.2) is 24.3 Å². The summed E-state index contributed by atoms with van der Waals surface area (Å²) < 4.78 is 4.83. The van der Waals surface area contributed by atoms with Gasteiger partial charge in [-0.3, -0.25) is 0 Å². The van der Waals surface area contributed by atoms with Crippen molar-refractivity contribution in [3.63, 3.8) is 0 Å². The lowest BCUT2D eigenvalue weighted by Crippen LogP contribution is -2.31. The van der Waals surface area contributed by atoms with Crippen molar-refractivity contribution in [3.05, 3.63) is 35.4 Å². The SMILES string of the molecule is CCC1(CNCc2ccccc2C(=O)OC)CCCC1. The molecule has 1 fully saturated rings. The summed E-state index contributed by atoms with van der Waals surface area (Å²) in [5.74, 6) is -0.256. The maximum Gasteiger partial charge on any atom is 0.338 e. The Morgan fingerprint density at radius 1 is 1.30 bits per heavy atom. The van der Waals surface area contributed by atoms with Crippen LogP contribution in [0.2, 0.25) is 0 Å². The number of rotatable bonds is 6. The molecule has 1 saturated carbocycles. The Labute approximate surface area is 121 Å². The van der Waals surface area contributed by atoms with E-state index in [1.54, 1.807) is 0 Å². The number of methoxy groups -OCH3 is 1. The minimum atomic E-state index is -0.256. The second-order valence-corrected chi connectivity index (χ2v) is 5.81. The van der Waals surface area contributed by atoms with Gasteiger partial charge in [-0.25, -0.2) is 4.79 Å². The van der Waals surface area contributed by atoms with Crippen molar-refractivity contribution in [3.8, 4) is 0 Å². The van der Waals surface area contributed by atoms with E-state index in [1.807, 2.05) is 24.3 Å². The van der Waals surface area contributed by atoms with Crippen molar-refractivity contribution < 1.29 is 9.53 Å². The van der Waals surface area contributed by atoms with Gasteiger partial charge in [0.1, 0.15) is 0 Å². The fraction of sp³-hybridized carbons (Fsp3) is 0.588. The Hall–Kier alpha value is -1.35. The second kappa shape index (κ2) is 6.89. The van der Waals surface area contributed by atoms with Crippen LogP contribution < -0.4 is 5.32 Å². The molecule has 0 atom stereocenters. The molecule has 0 saturated heterocycles. The number of carbonyl (C=O) groups is 1. The zero-order chi connectivity index (χ0) is 14.4. The van der Waals surface area contributed by atoms with E-state index in [9.17, 15) is 4.79 Å². The van der Waals surface area contributed by atoms with Gasteiger partial charge in [0.15, 0.2) is 0 Å². The average molecular weight is 275 g/mol. The summed E-state index contributed by atoms with van der Waals surface area (Å²) in [6.07, 6.45) is 6.60. The Kier molecular flexibility index (Phi) is 5.18. The molecule has 0 heterocycles. The number of benzene rings is 1. The van der Waals surface area contributed by atoms with Crippen LogP contribution in [0.4, 0.5) is 0 Å². The molecule has 0 radical (unpaired) electrons. The summed E-state index contributed by atoms with van der Waals surface area (Å²) >= 11 is 0. The van der Waals surface area contributed by atoms with Gasteiger partial charge in [-0.05, 0) is 36.3 Å². The zero-order valence-corrected chi connectivity index (χ0v) is 12.6. The van der Waals surface area contributed by atoms with Crippen LogP contribution in [0.1, 0.15) is 54.9 Å². The van der Waals surface area contributed by atoms with Crippen LogP contribution >= 0.6 is 0 Å². The summed E-state index contributed by atoms with van der Waals surface area (Å²) in [6.45, 7) is 4.06. The molecule has 20 heavy (non-hydrogen) atoms. The summed E-state index contributed by atoms with van der Waals surface area (Å²) in [5.41, 5.74) is 2.16. The molecule has 0 aliphatic heterocycles. The quantitative estimate of drug-likeness (QED) is 0.807. The minimum Gasteiger partial charge on any atom is -0.465 e. The highest BCUT2D eigenvalue weighted by molar-refractivity contribution is 5.90. The van der Waals surface area contributed by atoms with E-state index in [-0.39, 0.29) is 5.97 Å². The lowest BCUT2D eigenvalue weighted by atomic mass is 9.83. The first kappa shape index (κ1) is 15.0. The molecule has 0 aromatic heterocycles. The van der Waals surface area contributed by atoms with Crippen LogP contribution in [0.5, 0.6) is 0 Å².